The minimum Gasteiger partial charge on any atom is -0.493 e. The van der Waals surface area contributed by atoms with Gasteiger partial charge in [0.25, 0.3) is 5.91 Å². The van der Waals surface area contributed by atoms with Gasteiger partial charge in [-0.25, -0.2) is 5.43 Å². The maximum Gasteiger partial charge on any atom is 0.387 e. The van der Waals surface area contributed by atoms with Crippen LogP contribution in [0.5, 0.6) is 11.5 Å². The predicted molar refractivity (Wildman–Crippen MR) is 78.1 cm³/mol. The molecule has 0 aliphatic rings. The number of nitrogens with one attached hydrogen (secondary N) is 1. The quantitative estimate of drug-likeness (QED) is 0.655. The molecule has 23 heavy (non-hydrogen) atoms. The van der Waals surface area contributed by atoms with Crippen molar-refractivity contribution in [2.45, 2.75) is 13.5 Å². The minimum absolute atomic E-state index is 0.131. The number of halogens is 2. The molecular formula is C15H14F2N2O4. The summed E-state index contributed by atoms with van der Waals surface area (Å²) in [4.78, 5) is 11.8. The Bertz CT molecular complexity index is 713. The number of carbonyl (C=O) groups excluding carboxylic acids is 1. The van der Waals surface area contributed by atoms with Crippen molar-refractivity contribution >= 4 is 12.1 Å². The number of amides is 1. The lowest BCUT2D eigenvalue weighted by Gasteiger charge is -2.11. The fraction of sp³-hybridized carbons (Fsp3) is 0.200. The first-order valence-electron chi connectivity index (χ1n) is 6.52. The van der Waals surface area contributed by atoms with Gasteiger partial charge in [0, 0.05) is 5.56 Å². The number of hydrogen-bond donors (Lipinski definition) is 1. The van der Waals surface area contributed by atoms with E-state index in [1.54, 1.807) is 13.0 Å². The van der Waals surface area contributed by atoms with E-state index in [-0.39, 0.29) is 17.1 Å². The first-order chi connectivity index (χ1) is 11.0. The second-order valence-corrected chi connectivity index (χ2v) is 4.35. The van der Waals surface area contributed by atoms with Gasteiger partial charge in [0.1, 0.15) is 5.76 Å². The first-order valence-corrected chi connectivity index (χ1v) is 6.52. The lowest BCUT2D eigenvalue weighted by atomic mass is 10.2. The van der Waals surface area contributed by atoms with Crippen LogP contribution in [0.15, 0.2) is 40.0 Å². The maximum atomic E-state index is 12.5. The molecule has 8 heteroatoms. The van der Waals surface area contributed by atoms with Gasteiger partial charge in [0.15, 0.2) is 11.5 Å². The Morgan fingerprint density at radius 2 is 2.17 bits per heavy atom. The van der Waals surface area contributed by atoms with Crippen molar-refractivity contribution in [3.8, 4) is 11.5 Å². The van der Waals surface area contributed by atoms with Crippen LogP contribution < -0.4 is 14.9 Å². The number of hydrazone groups is 1. The van der Waals surface area contributed by atoms with E-state index in [4.69, 9.17) is 9.15 Å². The third-order valence-corrected chi connectivity index (χ3v) is 2.91. The number of ether oxygens (including phenoxy) is 2. The van der Waals surface area contributed by atoms with Crippen LogP contribution in [-0.4, -0.2) is 25.8 Å². The van der Waals surface area contributed by atoms with Gasteiger partial charge in [-0.1, -0.05) is 6.07 Å². The van der Waals surface area contributed by atoms with E-state index < -0.39 is 12.5 Å². The van der Waals surface area contributed by atoms with Crippen molar-refractivity contribution < 1.29 is 27.5 Å². The van der Waals surface area contributed by atoms with Crippen molar-refractivity contribution in [3.63, 3.8) is 0 Å². The second kappa shape index (κ2) is 7.39. The largest absolute Gasteiger partial charge is 0.493 e. The maximum absolute atomic E-state index is 12.5. The number of alkyl halides is 2. The summed E-state index contributed by atoms with van der Waals surface area (Å²) in [5.41, 5.74) is 2.84. The number of nitrogens with zero attached hydrogens (tertiary/aromatic N) is 1. The molecule has 1 N–H and O–H groups in total. The monoisotopic (exact) mass is 324 g/mol. The topological polar surface area (TPSA) is 73.1 Å². The molecule has 0 aliphatic heterocycles. The van der Waals surface area contributed by atoms with Crippen molar-refractivity contribution in [1.29, 1.82) is 0 Å². The molecule has 2 rings (SSSR count). The number of rotatable bonds is 6. The molecule has 122 valence electrons. The first kappa shape index (κ1) is 16.5. The summed E-state index contributed by atoms with van der Waals surface area (Å²) in [6.07, 6.45) is 2.57. The Kier molecular flexibility index (Phi) is 5.29. The molecule has 1 heterocycles. The molecule has 0 saturated heterocycles. The number of methoxy groups -OCH3 is 1. The smallest absolute Gasteiger partial charge is 0.387 e. The molecule has 2 aromatic rings. The van der Waals surface area contributed by atoms with E-state index in [1.165, 1.54) is 37.8 Å². The molecule has 1 amide bonds. The van der Waals surface area contributed by atoms with Gasteiger partial charge in [0.2, 0.25) is 0 Å². The predicted octanol–water partition coefficient (Wildman–Crippen LogP) is 2.96. The molecule has 0 bridgehead atoms. The van der Waals surface area contributed by atoms with Gasteiger partial charge in [-0.2, -0.15) is 13.9 Å². The van der Waals surface area contributed by atoms with E-state index >= 15 is 0 Å². The van der Waals surface area contributed by atoms with E-state index in [2.05, 4.69) is 15.3 Å². The van der Waals surface area contributed by atoms with Crippen molar-refractivity contribution in [3.05, 3.63) is 47.4 Å². The SMILES string of the molecule is COc1cccc(/C=N\NC(=O)c2ccoc2C)c1OC(F)F. The Morgan fingerprint density at radius 3 is 2.78 bits per heavy atom. The van der Waals surface area contributed by atoms with E-state index in [9.17, 15) is 13.6 Å². The van der Waals surface area contributed by atoms with Crippen LogP contribution >= 0.6 is 0 Å². The van der Waals surface area contributed by atoms with Crippen LogP contribution in [0.2, 0.25) is 0 Å². The zero-order valence-electron chi connectivity index (χ0n) is 12.4. The van der Waals surface area contributed by atoms with E-state index in [0.29, 0.717) is 11.3 Å². The molecule has 0 atom stereocenters. The molecule has 0 radical (unpaired) electrons. The molecule has 0 unspecified atom stereocenters. The highest BCUT2D eigenvalue weighted by Gasteiger charge is 2.14. The van der Waals surface area contributed by atoms with Crippen LogP contribution in [0, 0.1) is 6.92 Å². The van der Waals surface area contributed by atoms with Crippen LogP contribution in [0.4, 0.5) is 8.78 Å². The van der Waals surface area contributed by atoms with Crippen LogP contribution in [0.25, 0.3) is 0 Å². The summed E-state index contributed by atoms with van der Waals surface area (Å²) in [5, 5.41) is 3.74. The van der Waals surface area contributed by atoms with E-state index in [1.807, 2.05) is 0 Å². The lowest BCUT2D eigenvalue weighted by molar-refractivity contribution is -0.0513. The summed E-state index contributed by atoms with van der Waals surface area (Å²) >= 11 is 0. The molecule has 1 aromatic heterocycles. The number of hydrogen-bond acceptors (Lipinski definition) is 5. The molecule has 0 spiro atoms. The lowest BCUT2D eigenvalue weighted by Crippen LogP contribution is -2.18. The fourth-order valence-electron chi connectivity index (χ4n) is 1.85. The van der Waals surface area contributed by atoms with Crippen molar-refractivity contribution in [2.75, 3.05) is 7.11 Å². The Balaban J connectivity index is 2.16. The van der Waals surface area contributed by atoms with Gasteiger partial charge in [-0.15, -0.1) is 0 Å². The summed E-state index contributed by atoms with van der Waals surface area (Å²) in [6.45, 7) is -1.38. The van der Waals surface area contributed by atoms with E-state index in [0.717, 1.165) is 0 Å². The highest BCUT2D eigenvalue weighted by molar-refractivity contribution is 5.96. The zero-order valence-corrected chi connectivity index (χ0v) is 12.4. The third kappa shape index (κ3) is 4.06. The number of carbonyl (C=O) groups is 1. The number of aryl methyl sites for hydroxylation is 1. The highest BCUT2D eigenvalue weighted by Crippen LogP contribution is 2.31. The molecule has 0 fully saturated rings. The second-order valence-electron chi connectivity index (χ2n) is 4.35. The van der Waals surface area contributed by atoms with Gasteiger partial charge in [0.05, 0.1) is 25.2 Å². The highest BCUT2D eigenvalue weighted by atomic mass is 19.3. The van der Waals surface area contributed by atoms with Crippen LogP contribution in [0.3, 0.4) is 0 Å². The molecule has 0 saturated carbocycles. The number of benzene rings is 1. The molecule has 1 aromatic carbocycles. The van der Waals surface area contributed by atoms with Crippen LogP contribution in [-0.2, 0) is 0 Å². The van der Waals surface area contributed by atoms with Gasteiger partial charge in [-0.3, -0.25) is 4.79 Å². The zero-order chi connectivity index (χ0) is 16.8. The molecular weight excluding hydrogens is 310 g/mol. The Hall–Kier alpha value is -2.90. The number of para-hydroxylation sites is 1. The molecule has 0 aliphatic carbocycles. The van der Waals surface area contributed by atoms with Crippen LogP contribution in [0.1, 0.15) is 21.7 Å². The van der Waals surface area contributed by atoms with Gasteiger partial charge < -0.3 is 13.9 Å². The van der Waals surface area contributed by atoms with Crippen molar-refractivity contribution in [2.24, 2.45) is 5.10 Å². The molecule has 6 nitrogen and oxygen atoms in total. The summed E-state index contributed by atoms with van der Waals surface area (Å²) < 4.78 is 39.4. The fourth-order valence-corrected chi connectivity index (χ4v) is 1.85. The summed E-state index contributed by atoms with van der Waals surface area (Å²) in [6, 6.07) is 6.05. The minimum atomic E-state index is -3.01. The summed E-state index contributed by atoms with van der Waals surface area (Å²) in [5.74, 6) is -0.0683. The van der Waals surface area contributed by atoms with Gasteiger partial charge in [-0.05, 0) is 25.1 Å². The normalized spacial score (nSPS) is 11.0. The standard InChI is InChI=1S/C15H14F2N2O4/c1-9-11(6-7-22-9)14(20)19-18-8-10-4-3-5-12(21-2)13(10)23-15(16)17/h3-8,15H,1-2H3,(H,19,20)/b18-8-. The Morgan fingerprint density at radius 1 is 1.39 bits per heavy atom. The number of furan rings is 1. The average Bonchev–Trinajstić information content (AvgIpc) is 2.94. The summed E-state index contributed by atoms with van der Waals surface area (Å²) in [7, 11) is 1.33. The average molecular weight is 324 g/mol. The van der Waals surface area contributed by atoms with Gasteiger partial charge >= 0.3 is 6.61 Å². The van der Waals surface area contributed by atoms with Crippen molar-refractivity contribution in [1.82, 2.24) is 5.43 Å². The third-order valence-electron chi connectivity index (χ3n) is 2.91. The Labute approximate surface area is 130 Å².